The smallest absolute Gasteiger partial charge is 0.309 e. The van der Waals surface area contributed by atoms with E-state index in [2.05, 4.69) is 18.0 Å². The number of aliphatic hydroxyl groups is 1. The van der Waals surface area contributed by atoms with E-state index in [1.165, 1.54) is 5.57 Å². The molecule has 29 heavy (non-hydrogen) atoms. The number of cyclic esters (lactones) is 1. The van der Waals surface area contributed by atoms with Crippen LogP contribution in [0.2, 0.25) is 0 Å². The average Bonchev–Trinajstić information content (AvgIpc) is 3.07. The molecule has 0 unspecified atom stereocenters. The summed E-state index contributed by atoms with van der Waals surface area (Å²) in [7, 11) is 0. The molecule has 0 spiro atoms. The lowest BCUT2D eigenvalue weighted by atomic mass is 9.86. The Morgan fingerprint density at radius 1 is 1.31 bits per heavy atom. The van der Waals surface area contributed by atoms with Gasteiger partial charge in [0.15, 0.2) is 0 Å². The van der Waals surface area contributed by atoms with Crippen molar-refractivity contribution in [3.05, 3.63) is 33.3 Å². The van der Waals surface area contributed by atoms with Crippen molar-refractivity contribution in [1.82, 2.24) is 4.98 Å². The second kappa shape index (κ2) is 10.8. The molecule has 1 aromatic rings. The summed E-state index contributed by atoms with van der Waals surface area (Å²) < 4.78 is 5.72. The number of aryl methyl sites for hydroxylation is 1. The van der Waals surface area contributed by atoms with E-state index in [4.69, 9.17) is 4.74 Å². The van der Waals surface area contributed by atoms with Crippen molar-refractivity contribution in [2.24, 2.45) is 11.8 Å². The number of aromatic nitrogens is 1. The van der Waals surface area contributed by atoms with Gasteiger partial charge in [0.05, 0.1) is 23.2 Å². The zero-order valence-electron chi connectivity index (χ0n) is 18.1. The molecule has 0 aliphatic carbocycles. The molecule has 0 radical (unpaired) electrons. The molecule has 5 nitrogen and oxygen atoms in total. The lowest BCUT2D eigenvalue weighted by Crippen LogP contribution is -2.33. The molecule has 1 aliphatic rings. The van der Waals surface area contributed by atoms with Crippen LogP contribution in [-0.4, -0.2) is 34.1 Å². The van der Waals surface area contributed by atoms with Crippen molar-refractivity contribution < 1.29 is 19.4 Å². The first-order chi connectivity index (χ1) is 13.7. The van der Waals surface area contributed by atoms with Crippen LogP contribution < -0.4 is 0 Å². The first kappa shape index (κ1) is 23.5. The van der Waals surface area contributed by atoms with Crippen molar-refractivity contribution in [1.29, 1.82) is 0 Å². The molecule has 1 N–H and O–H groups in total. The monoisotopic (exact) mass is 419 g/mol. The van der Waals surface area contributed by atoms with Gasteiger partial charge in [0, 0.05) is 23.6 Å². The summed E-state index contributed by atoms with van der Waals surface area (Å²) in [6, 6.07) is 0. The number of esters is 1. The minimum Gasteiger partial charge on any atom is -0.457 e. The van der Waals surface area contributed by atoms with Gasteiger partial charge in [-0.25, -0.2) is 4.98 Å². The molecule has 2 rings (SSSR count). The summed E-state index contributed by atoms with van der Waals surface area (Å²) >= 11 is 1.58. The Bertz CT molecular complexity index is 780. The highest BCUT2D eigenvalue weighted by molar-refractivity contribution is 7.09. The molecule has 0 saturated heterocycles. The number of thiazole rings is 1. The van der Waals surface area contributed by atoms with Gasteiger partial charge < -0.3 is 9.84 Å². The van der Waals surface area contributed by atoms with Crippen LogP contribution in [0.5, 0.6) is 0 Å². The van der Waals surface area contributed by atoms with Crippen LogP contribution in [0.4, 0.5) is 0 Å². The van der Waals surface area contributed by atoms with Gasteiger partial charge in [-0.15, -0.1) is 11.3 Å². The van der Waals surface area contributed by atoms with E-state index in [-0.39, 0.29) is 18.1 Å². The molecule has 0 fully saturated rings. The fraction of sp³-hybridized carbons (Fsp3) is 0.609. The molecule has 0 amide bonds. The largest absolute Gasteiger partial charge is 0.457 e. The van der Waals surface area contributed by atoms with Crippen molar-refractivity contribution in [2.75, 3.05) is 0 Å². The lowest BCUT2D eigenvalue weighted by molar-refractivity contribution is -0.150. The molecule has 6 heteroatoms. The number of carbonyl (C=O) groups is 2. The zero-order chi connectivity index (χ0) is 21.6. The molecule has 4 atom stereocenters. The van der Waals surface area contributed by atoms with Crippen LogP contribution >= 0.6 is 11.3 Å². The van der Waals surface area contributed by atoms with E-state index in [0.29, 0.717) is 6.42 Å². The number of ketones is 1. The fourth-order valence-electron chi connectivity index (χ4n) is 3.53. The maximum atomic E-state index is 12.5. The molecule has 0 saturated carbocycles. The van der Waals surface area contributed by atoms with Gasteiger partial charge in [0.25, 0.3) is 0 Å². The number of Topliss-reactive ketones (excluding diaryl/α,β-unsaturated/α-hetero) is 1. The molecule has 0 bridgehead atoms. The molecule has 2 heterocycles. The van der Waals surface area contributed by atoms with Crippen molar-refractivity contribution >= 4 is 29.2 Å². The van der Waals surface area contributed by atoms with E-state index < -0.39 is 24.1 Å². The average molecular weight is 420 g/mol. The van der Waals surface area contributed by atoms with E-state index >= 15 is 0 Å². The Kier molecular flexibility index (Phi) is 8.78. The Labute approximate surface area is 177 Å². The first-order valence-corrected chi connectivity index (χ1v) is 11.2. The Morgan fingerprint density at radius 2 is 2.03 bits per heavy atom. The van der Waals surface area contributed by atoms with Crippen LogP contribution in [0.25, 0.3) is 6.08 Å². The number of carbonyl (C=O) groups excluding carboxylic acids is 2. The van der Waals surface area contributed by atoms with Crippen molar-refractivity contribution in [2.45, 2.75) is 78.9 Å². The lowest BCUT2D eigenvalue weighted by Gasteiger charge is -2.23. The maximum Gasteiger partial charge on any atom is 0.309 e. The number of hydrogen-bond acceptors (Lipinski definition) is 6. The van der Waals surface area contributed by atoms with Gasteiger partial charge >= 0.3 is 5.97 Å². The highest BCUT2D eigenvalue weighted by Crippen LogP contribution is 2.23. The number of allylic oxidation sites excluding steroid dienone is 1. The summed E-state index contributed by atoms with van der Waals surface area (Å²) in [6.45, 7) is 9.56. The van der Waals surface area contributed by atoms with E-state index in [0.717, 1.165) is 35.5 Å². The second-order valence-electron chi connectivity index (χ2n) is 8.20. The highest BCUT2D eigenvalue weighted by Gasteiger charge is 2.29. The zero-order valence-corrected chi connectivity index (χ0v) is 18.9. The minimum atomic E-state index is -1.02. The topological polar surface area (TPSA) is 76.5 Å². The molecule has 0 aromatic carbocycles. The Morgan fingerprint density at radius 3 is 2.69 bits per heavy atom. The van der Waals surface area contributed by atoms with Crippen LogP contribution in [0, 0.1) is 18.8 Å². The molecular weight excluding hydrogens is 386 g/mol. The first-order valence-electron chi connectivity index (χ1n) is 10.3. The predicted molar refractivity (Wildman–Crippen MR) is 117 cm³/mol. The second-order valence-corrected chi connectivity index (χ2v) is 9.26. The SMILES string of the molecule is C/C1=C/C[C@@H](/C(C)=C/c2csc(C)n2)OC(=O)C[C@H](O)[C@@H](C)C(=O)[C@H](C)CCC1. The summed E-state index contributed by atoms with van der Waals surface area (Å²) in [5, 5.41) is 13.4. The summed E-state index contributed by atoms with van der Waals surface area (Å²) in [6.07, 6.45) is 5.64. The molecular formula is C23H33NO4S. The van der Waals surface area contributed by atoms with Crippen LogP contribution in [-0.2, 0) is 14.3 Å². The third kappa shape index (κ3) is 7.19. The van der Waals surface area contributed by atoms with Gasteiger partial charge in [0.1, 0.15) is 11.9 Å². The quantitative estimate of drug-likeness (QED) is 0.546. The molecule has 1 aromatic heterocycles. The van der Waals surface area contributed by atoms with Crippen LogP contribution in [0.1, 0.15) is 70.5 Å². The van der Waals surface area contributed by atoms with Crippen LogP contribution in [0.3, 0.4) is 0 Å². The van der Waals surface area contributed by atoms with Crippen LogP contribution in [0.15, 0.2) is 22.6 Å². The number of rotatable bonds is 2. The van der Waals surface area contributed by atoms with Crippen molar-refractivity contribution in [3.63, 3.8) is 0 Å². The summed E-state index contributed by atoms with van der Waals surface area (Å²) in [5.74, 6) is -1.17. The van der Waals surface area contributed by atoms with E-state index in [1.54, 1.807) is 18.3 Å². The number of aliphatic hydroxyl groups excluding tert-OH is 1. The summed E-state index contributed by atoms with van der Waals surface area (Å²) in [4.78, 5) is 29.5. The Hall–Kier alpha value is -1.79. The third-order valence-corrected chi connectivity index (χ3v) is 6.36. The molecule has 1 aliphatic heterocycles. The van der Waals surface area contributed by atoms with Gasteiger partial charge in [0.2, 0.25) is 0 Å². The standard InChI is InChI=1S/C23H33NO4S/c1-14-7-6-8-15(2)23(27)17(4)20(25)12-22(26)28-21(10-9-14)16(3)11-19-13-29-18(5)24-19/h9,11,13,15,17,20-21,25H,6-8,10,12H2,1-5H3/b14-9-,16-11+/t15-,17-,20+,21+/m1/s1. The fourth-order valence-corrected chi connectivity index (χ4v) is 4.10. The number of nitrogens with zero attached hydrogens (tertiary/aromatic N) is 1. The van der Waals surface area contributed by atoms with Gasteiger partial charge in [-0.1, -0.05) is 25.5 Å². The number of hydrogen-bond donors (Lipinski definition) is 1. The third-order valence-electron chi connectivity index (χ3n) is 5.57. The van der Waals surface area contributed by atoms with E-state index in [1.807, 2.05) is 32.2 Å². The minimum absolute atomic E-state index is 0.00974. The van der Waals surface area contributed by atoms with Gasteiger partial charge in [-0.2, -0.15) is 0 Å². The van der Waals surface area contributed by atoms with E-state index in [9.17, 15) is 14.7 Å². The number of ether oxygens (including phenoxy) is 1. The Balaban J connectivity index is 2.23. The van der Waals surface area contributed by atoms with Gasteiger partial charge in [-0.3, -0.25) is 9.59 Å². The molecule has 160 valence electrons. The predicted octanol–water partition coefficient (Wildman–Crippen LogP) is 4.88. The van der Waals surface area contributed by atoms with Crippen molar-refractivity contribution in [3.8, 4) is 0 Å². The summed E-state index contributed by atoms with van der Waals surface area (Å²) in [5.41, 5.74) is 2.99. The maximum absolute atomic E-state index is 12.5. The normalized spacial score (nSPS) is 30.3. The highest BCUT2D eigenvalue weighted by atomic mass is 32.1. The van der Waals surface area contributed by atoms with Gasteiger partial charge in [-0.05, 0) is 51.7 Å².